The highest BCUT2D eigenvalue weighted by Gasteiger charge is 2.14. The van der Waals surface area contributed by atoms with Gasteiger partial charge in [-0.05, 0) is 41.8 Å². The van der Waals surface area contributed by atoms with Crippen molar-refractivity contribution in [2.24, 2.45) is 0 Å². The van der Waals surface area contributed by atoms with Gasteiger partial charge < -0.3 is 14.5 Å². The number of ether oxygens (including phenoxy) is 1. The lowest BCUT2D eigenvalue weighted by Gasteiger charge is -2.07. The monoisotopic (exact) mass is 331 g/mol. The normalized spacial score (nSPS) is 10.6. The molecule has 3 rings (SSSR count). The third kappa shape index (κ3) is 2.96. The number of anilines is 1. The molecule has 0 aliphatic carbocycles. The predicted molar refractivity (Wildman–Crippen MR) is 83.3 cm³/mol. The Morgan fingerprint density at radius 1 is 1.12 bits per heavy atom. The number of methoxy groups -OCH3 is 1. The Kier molecular flexibility index (Phi) is 3.99. The van der Waals surface area contributed by atoms with Crippen molar-refractivity contribution < 1.29 is 22.7 Å². The van der Waals surface area contributed by atoms with E-state index in [0.717, 1.165) is 18.2 Å². The van der Waals surface area contributed by atoms with E-state index in [1.54, 1.807) is 0 Å². The third-order valence-electron chi connectivity index (χ3n) is 3.36. The largest absolute Gasteiger partial charge is 0.494 e. The van der Waals surface area contributed by atoms with E-state index in [1.807, 2.05) is 0 Å². The maximum Gasteiger partial charge on any atom is 0.344 e. The summed E-state index contributed by atoms with van der Waals surface area (Å²) in [6, 6.07) is 8.54. The summed E-state index contributed by atoms with van der Waals surface area (Å²) < 4.78 is 36.4. The van der Waals surface area contributed by atoms with Crippen LogP contribution in [0.25, 0.3) is 10.8 Å². The summed E-state index contributed by atoms with van der Waals surface area (Å²) in [7, 11) is 1.29. The van der Waals surface area contributed by atoms with Crippen molar-refractivity contribution in [3.05, 3.63) is 70.3 Å². The Labute approximate surface area is 134 Å². The molecule has 1 N–H and O–H groups in total. The average Bonchev–Trinajstić information content (AvgIpc) is 2.56. The average molecular weight is 331 g/mol. The second-order valence-corrected chi connectivity index (χ2v) is 4.93. The molecule has 7 heteroatoms. The molecule has 0 radical (unpaired) electrons. The SMILES string of the molecule is COc1cc(NC(=O)c2cc3cc(F)ccc3c(=O)o2)ccc1F. The molecule has 0 aliphatic heterocycles. The van der Waals surface area contributed by atoms with Gasteiger partial charge in [0.2, 0.25) is 0 Å². The number of rotatable bonds is 3. The number of carbonyl (C=O) groups is 1. The Morgan fingerprint density at radius 2 is 1.92 bits per heavy atom. The predicted octanol–water partition coefficient (Wildman–Crippen LogP) is 3.33. The molecule has 0 spiro atoms. The zero-order valence-corrected chi connectivity index (χ0v) is 12.4. The highest BCUT2D eigenvalue weighted by Crippen LogP contribution is 2.22. The van der Waals surface area contributed by atoms with Crippen LogP contribution in [0.4, 0.5) is 14.5 Å². The lowest BCUT2D eigenvalue weighted by Crippen LogP contribution is -2.15. The maximum atomic E-state index is 13.4. The number of halogens is 2. The minimum absolute atomic E-state index is 0.0464. The van der Waals surface area contributed by atoms with Gasteiger partial charge >= 0.3 is 5.63 Å². The van der Waals surface area contributed by atoms with E-state index in [0.29, 0.717) is 0 Å². The molecule has 3 aromatic rings. The molecule has 0 aliphatic rings. The number of benzene rings is 2. The lowest BCUT2D eigenvalue weighted by atomic mass is 10.1. The van der Waals surface area contributed by atoms with Gasteiger partial charge in [-0.25, -0.2) is 13.6 Å². The van der Waals surface area contributed by atoms with Gasteiger partial charge in [-0.15, -0.1) is 0 Å². The standard InChI is InChI=1S/C17H11F2NO4/c1-23-14-8-11(3-5-13(14)19)20-16(21)15-7-9-6-10(18)2-4-12(9)17(22)24-15/h2-8H,1H3,(H,20,21). The first-order valence-corrected chi connectivity index (χ1v) is 6.86. The van der Waals surface area contributed by atoms with Gasteiger partial charge in [-0.2, -0.15) is 0 Å². The number of nitrogens with one attached hydrogen (secondary N) is 1. The van der Waals surface area contributed by atoms with E-state index in [4.69, 9.17) is 9.15 Å². The number of carbonyl (C=O) groups excluding carboxylic acids is 1. The van der Waals surface area contributed by atoms with Crippen LogP contribution in [0, 0.1) is 11.6 Å². The van der Waals surface area contributed by atoms with Crippen LogP contribution in [0.15, 0.2) is 51.7 Å². The summed E-state index contributed by atoms with van der Waals surface area (Å²) in [5.74, 6) is -2.19. The Bertz CT molecular complexity index is 998. The number of amides is 1. The van der Waals surface area contributed by atoms with Crippen molar-refractivity contribution in [1.82, 2.24) is 0 Å². The molecule has 1 amide bonds. The van der Waals surface area contributed by atoms with Crippen molar-refractivity contribution in [3.63, 3.8) is 0 Å². The molecule has 0 atom stereocenters. The smallest absolute Gasteiger partial charge is 0.344 e. The number of hydrogen-bond donors (Lipinski definition) is 1. The quantitative estimate of drug-likeness (QED) is 0.799. The third-order valence-corrected chi connectivity index (χ3v) is 3.36. The summed E-state index contributed by atoms with van der Waals surface area (Å²) in [6.07, 6.45) is 0. The fourth-order valence-electron chi connectivity index (χ4n) is 2.21. The zero-order chi connectivity index (χ0) is 17.3. The summed E-state index contributed by atoms with van der Waals surface area (Å²) >= 11 is 0. The van der Waals surface area contributed by atoms with Crippen LogP contribution in [0.1, 0.15) is 10.6 Å². The minimum Gasteiger partial charge on any atom is -0.494 e. The molecule has 122 valence electrons. The first-order chi connectivity index (χ1) is 11.5. The summed E-state index contributed by atoms with van der Waals surface area (Å²) in [4.78, 5) is 24.1. The summed E-state index contributed by atoms with van der Waals surface area (Å²) in [5, 5.41) is 2.86. The van der Waals surface area contributed by atoms with E-state index in [-0.39, 0.29) is 28.0 Å². The van der Waals surface area contributed by atoms with Gasteiger partial charge in [-0.3, -0.25) is 4.79 Å². The molecule has 2 aromatic carbocycles. The van der Waals surface area contributed by atoms with E-state index in [9.17, 15) is 18.4 Å². The van der Waals surface area contributed by atoms with Gasteiger partial charge in [0, 0.05) is 11.8 Å². The second-order valence-electron chi connectivity index (χ2n) is 4.93. The minimum atomic E-state index is -0.755. The van der Waals surface area contributed by atoms with Gasteiger partial charge in [0.25, 0.3) is 5.91 Å². The van der Waals surface area contributed by atoms with E-state index in [2.05, 4.69) is 5.32 Å². The van der Waals surface area contributed by atoms with Crippen molar-refractivity contribution in [2.45, 2.75) is 0 Å². The topological polar surface area (TPSA) is 68.5 Å². The molecule has 0 saturated heterocycles. The van der Waals surface area contributed by atoms with Crippen LogP contribution in [-0.4, -0.2) is 13.0 Å². The Morgan fingerprint density at radius 3 is 2.67 bits per heavy atom. The lowest BCUT2D eigenvalue weighted by molar-refractivity contribution is 0.0993. The second kappa shape index (κ2) is 6.11. The molecular formula is C17H11F2NO4. The molecule has 0 unspecified atom stereocenters. The van der Waals surface area contributed by atoms with Crippen LogP contribution in [0.5, 0.6) is 5.75 Å². The van der Waals surface area contributed by atoms with Crippen molar-refractivity contribution >= 4 is 22.4 Å². The Hall–Kier alpha value is -3.22. The fourth-order valence-corrected chi connectivity index (χ4v) is 2.21. The molecule has 0 bridgehead atoms. The van der Waals surface area contributed by atoms with Crippen LogP contribution < -0.4 is 15.7 Å². The summed E-state index contributed by atoms with van der Waals surface area (Å²) in [6.45, 7) is 0. The maximum absolute atomic E-state index is 13.4. The first kappa shape index (κ1) is 15.7. The van der Waals surface area contributed by atoms with E-state index >= 15 is 0 Å². The number of fused-ring (bicyclic) bond motifs is 1. The van der Waals surface area contributed by atoms with Crippen LogP contribution in [-0.2, 0) is 0 Å². The van der Waals surface area contributed by atoms with Gasteiger partial charge in [-0.1, -0.05) is 0 Å². The molecule has 24 heavy (non-hydrogen) atoms. The van der Waals surface area contributed by atoms with E-state index in [1.165, 1.54) is 31.4 Å². The van der Waals surface area contributed by atoms with Gasteiger partial charge in [0.05, 0.1) is 12.5 Å². The van der Waals surface area contributed by atoms with Crippen molar-refractivity contribution in [3.8, 4) is 5.75 Å². The van der Waals surface area contributed by atoms with Crippen molar-refractivity contribution in [1.29, 1.82) is 0 Å². The van der Waals surface area contributed by atoms with Gasteiger partial charge in [0.1, 0.15) is 5.82 Å². The van der Waals surface area contributed by atoms with Gasteiger partial charge in [0.15, 0.2) is 17.3 Å². The van der Waals surface area contributed by atoms with Crippen LogP contribution >= 0.6 is 0 Å². The zero-order valence-electron chi connectivity index (χ0n) is 12.4. The molecule has 0 saturated carbocycles. The summed E-state index contributed by atoms with van der Waals surface area (Å²) in [5.41, 5.74) is -0.505. The molecule has 1 heterocycles. The molecule has 5 nitrogen and oxygen atoms in total. The number of hydrogen-bond acceptors (Lipinski definition) is 4. The first-order valence-electron chi connectivity index (χ1n) is 6.86. The van der Waals surface area contributed by atoms with Crippen LogP contribution in [0.3, 0.4) is 0 Å². The van der Waals surface area contributed by atoms with E-state index < -0.39 is 23.2 Å². The fraction of sp³-hybridized carbons (Fsp3) is 0.0588. The Balaban J connectivity index is 1.95. The van der Waals surface area contributed by atoms with Crippen molar-refractivity contribution in [2.75, 3.05) is 12.4 Å². The molecule has 1 aromatic heterocycles. The highest BCUT2D eigenvalue weighted by molar-refractivity contribution is 6.04. The highest BCUT2D eigenvalue weighted by atomic mass is 19.1. The molecular weight excluding hydrogens is 320 g/mol. The van der Waals surface area contributed by atoms with Crippen LogP contribution in [0.2, 0.25) is 0 Å². The molecule has 0 fully saturated rings.